The van der Waals surface area contributed by atoms with Gasteiger partial charge < -0.3 is 10.1 Å². The Bertz CT molecular complexity index is 554. The van der Waals surface area contributed by atoms with Crippen LogP contribution in [0.5, 0.6) is 5.88 Å². The summed E-state index contributed by atoms with van der Waals surface area (Å²) in [7, 11) is 1.62. The van der Waals surface area contributed by atoms with Crippen molar-refractivity contribution >= 4 is 0 Å². The fraction of sp³-hybridized carbons (Fsp3) is 0.412. The lowest BCUT2D eigenvalue weighted by molar-refractivity contribution is 0.395. The number of rotatable bonds is 7. The Labute approximate surface area is 126 Å². The van der Waals surface area contributed by atoms with Crippen LogP contribution in [0, 0.1) is 6.92 Å². The number of nitrogens with one attached hydrogen (secondary N) is 1. The zero-order valence-corrected chi connectivity index (χ0v) is 13.0. The molecule has 2 rings (SSSR count). The van der Waals surface area contributed by atoms with Gasteiger partial charge in [0, 0.05) is 24.2 Å². The third-order valence-electron chi connectivity index (χ3n) is 3.44. The molecule has 0 saturated carbocycles. The molecule has 4 heteroatoms. The van der Waals surface area contributed by atoms with Crippen molar-refractivity contribution in [2.24, 2.45) is 0 Å². The van der Waals surface area contributed by atoms with E-state index in [1.54, 1.807) is 13.4 Å². The van der Waals surface area contributed by atoms with Gasteiger partial charge in [0.1, 0.15) is 6.33 Å². The van der Waals surface area contributed by atoms with E-state index in [9.17, 15) is 0 Å². The van der Waals surface area contributed by atoms with E-state index in [0.29, 0.717) is 5.88 Å². The van der Waals surface area contributed by atoms with E-state index >= 15 is 0 Å². The lowest BCUT2D eigenvalue weighted by Crippen LogP contribution is -2.24. The van der Waals surface area contributed by atoms with E-state index in [1.807, 2.05) is 6.07 Å². The van der Waals surface area contributed by atoms with Crippen LogP contribution in [0.3, 0.4) is 0 Å². The summed E-state index contributed by atoms with van der Waals surface area (Å²) in [6.45, 7) is 5.27. The van der Waals surface area contributed by atoms with Gasteiger partial charge in [0.25, 0.3) is 0 Å². The second-order valence-electron chi connectivity index (χ2n) is 5.17. The fourth-order valence-electron chi connectivity index (χ4n) is 2.23. The van der Waals surface area contributed by atoms with Gasteiger partial charge in [-0.05, 0) is 25.5 Å². The van der Waals surface area contributed by atoms with E-state index in [0.717, 1.165) is 25.1 Å². The first-order chi connectivity index (χ1) is 10.2. The van der Waals surface area contributed by atoms with E-state index in [2.05, 4.69) is 53.4 Å². The van der Waals surface area contributed by atoms with Crippen LogP contribution in [0.25, 0.3) is 0 Å². The number of aryl methyl sites for hydroxylation is 1. The van der Waals surface area contributed by atoms with Crippen molar-refractivity contribution in [2.45, 2.75) is 32.7 Å². The molecule has 0 amide bonds. The summed E-state index contributed by atoms with van der Waals surface area (Å²) in [5.74, 6) is 0.609. The smallest absolute Gasteiger partial charge is 0.216 e. The van der Waals surface area contributed by atoms with Gasteiger partial charge in [-0.1, -0.05) is 36.8 Å². The van der Waals surface area contributed by atoms with Gasteiger partial charge >= 0.3 is 0 Å². The van der Waals surface area contributed by atoms with E-state index in [1.165, 1.54) is 11.1 Å². The highest BCUT2D eigenvalue weighted by molar-refractivity contribution is 5.26. The van der Waals surface area contributed by atoms with Crippen LogP contribution in [0.1, 0.15) is 36.2 Å². The van der Waals surface area contributed by atoms with Gasteiger partial charge in [-0.25, -0.2) is 9.97 Å². The molecule has 1 heterocycles. The van der Waals surface area contributed by atoms with Crippen LogP contribution in [0.4, 0.5) is 0 Å². The molecule has 1 N–H and O–H groups in total. The first-order valence-electron chi connectivity index (χ1n) is 7.37. The highest BCUT2D eigenvalue weighted by atomic mass is 16.5. The van der Waals surface area contributed by atoms with E-state index < -0.39 is 0 Å². The Balaban J connectivity index is 2.17. The molecule has 0 radical (unpaired) electrons. The molecule has 0 saturated heterocycles. The third-order valence-corrected chi connectivity index (χ3v) is 3.44. The Kier molecular flexibility index (Phi) is 5.69. The Morgan fingerprint density at radius 1 is 1.19 bits per heavy atom. The van der Waals surface area contributed by atoms with Crippen LogP contribution in [0.2, 0.25) is 0 Å². The third kappa shape index (κ3) is 4.53. The molecule has 4 nitrogen and oxygen atoms in total. The minimum Gasteiger partial charge on any atom is -0.481 e. The average molecular weight is 285 g/mol. The Hall–Kier alpha value is -1.94. The molecule has 0 bridgehead atoms. The van der Waals surface area contributed by atoms with Gasteiger partial charge in [0.05, 0.1) is 7.11 Å². The number of ether oxygens (including phenoxy) is 1. The average Bonchev–Trinajstić information content (AvgIpc) is 2.52. The van der Waals surface area contributed by atoms with Gasteiger partial charge in [-0.2, -0.15) is 0 Å². The van der Waals surface area contributed by atoms with E-state index in [4.69, 9.17) is 4.74 Å². The summed E-state index contributed by atoms with van der Waals surface area (Å²) < 4.78 is 5.17. The molecule has 1 atom stereocenters. The lowest BCUT2D eigenvalue weighted by Gasteiger charge is -2.19. The maximum absolute atomic E-state index is 5.17. The topological polar surface area (TPSA) is 47.0 Å². The number of benzene rings is 1. The number of methoxy groups -OCH3 is 1. The second-order valence-corrected chi connectivity index (χ2v) is 5.17. The minimum absolute atomic E-state index is 0.255. The van der Waals surface area contributed by atoms with Crippen molar-refractivity contribution in [3.05, 3.63) is 53.5 Å². The number of hydrogen-bond donors (Lipinski definition) is 1. The molecule has 0 aliphatic heterocycles. The maximum atomic E-state index is 5.17. The summed E-state index contributed by atoms with van der Waals surface area (Å²) in [4.78, 5) is 8.41. The summed E-state index contributed by atoms with van der Waals surface area (Å²) in [6.07, 6.45) is 3.48. The minimum atomic E-state index is 0.255. The van der Waals surface area contributed by atoms with Crippen LogP contribution >= 0.6 is 0 Å². The van der Waals surface area contributed by atoms with Crippen LogP contribution in [-0.4, -0.2) is 23.6 Å². The van der Waals surface area contributed by atoms with Gasteiger partial charge in [0.15, 0.2) is 0 Å². The molecular weight excluding hydrogens is 262 g/mol. The van der Waals surface area contributed by atoms with Crippen molar-refractivity contribution in [3.8, 4) is 5.88 Å². The van der Waals surface area contributed by atoms with Crippen LogP contribution in [-0.2, 0) is 6.42 Å². The van der Waals surface area contributed by atoms with Crippen molar-refractivity contribution in [2.75, 3.05) is 13.7 Å². The first-order valence-corrected chi connectivity index (χ1v) is 7.37. The number of aromatic nitrogens is 2. The number of nitrogens with zero attached hydrogens (tertiary/aromatic N) is 2. The molecule has 1 aromatic carbocycles. The molecule has 2 aromatic rings. The number of hydrogen-bond acceptors (Lipinski definition) is 4. The summed E-state index contributed by atoms with van der Waals surface area (Å²) >= 11 is 0. The predicted octanol–water partition coefficient (Wildman–Crippen LogP) is 3.08. The predicted molar refractivity (Wildman–Crippen MR) is 84.5 cm³/mol. The Morgan fingerprint density at radius 3 is 2.62 bits per heavy atom. The monoisotopic (exact) mass is 285 g/mol. The normalized spacial score (nSPS) is 12.1. The van der Waals surface area contributed by atoms with Crippen LogP contribution < -0.4 is 10.1 Å². The SMILES string of the molecule is CCCNC(Cc1cc(OC)ncn1)c1ccc(C)cc1. The molecule has 21 heavy (non-hydrogen) atoms. The zero-order chi connectivity index (χ0) is 15.1. The van der Waals surface area contributed by atoms with Gasteiger partial charge in [-0.3, -0.25) is 0 Å². The molecule has 0 spiro atoms. The maximum Gasteiger partial charge on any atom is 0.216 e. The lowest BCUT2D eigenvalue weighted by atomic mass is 10.0. The molecule has 0 aliphatic carbocycles. The quantitative estimate of drug-likeness (QED) is 0.849. The molecule has 1 aromatic heterocycles. The first kappa shape index (κ1) is 15.4. The molecule has 1 unspecified atom stereocenters. The fourth-order valence-corrected chi connectivity index (χ4v) is 2.23. The summed E-state index contributed by atoms with van der Waals surface area (Å²) in [5, 5.41) is 3.59. The van der Waals surface area contributed by atoms with Crippen molar-refractivity contribution in [1.82, 2.24) is 15.3 Å². The zero-order valence-electron chi connectivity index (χ0n) is 13.0. The van der Waals surface area contributed by atoms with Gasteiger partial charge in [-0.15, -0.1) is 0 Å². The molecule has 0 aliphatic rings. The summed E-state index contributed by atoms with van der Waals surface area (Å²) in [5.41, 5.74) is 3.54. The second kappa shape index (κ2) is 7.74. The molecule has 112 valence electrons. The van der Waals surface area contributed by atoms with Crippen molar-refractivity contribution in [1.29, 1.82) is 0 Å². The van der Waals surface area contributed by atoms with Crippen molar-refractivity contribution in [3.63, 3.8) is 0 Å². The van der Waals surface area contributed by atoms with Crippen LogP contribution in [0.15, 0.2) is 36.7 Å². The van der Waals surface area contributed by atoms with E-state index in [-0.39, 0.29) is 6.04 Å². The highest BCUT2D eigenvalue weighted by Crippen LogP contribution is 2.19. The molecular formula is C17H23N3O. The largest absolute Gasteiger partial charge is 0.481 e. The van der Waals surface area contributed by atoms with Gasteiger partial charge in [0.2, 0.25) is 5.88 Å². The summed E-state index contributed by atoms with van der Waals surface area (Å²) in [6, 6.07) is 10.8. The molecule has 0 fully saturated rings. The van der Waals surface area contributed by atoms with Crippen molar-refractivity contribution < 1.29 is 4.74 Å². The highest BCUT2D eigenvalue weighted by Gasteiger charge is 2.13. The Morgan fingerprint density at radius 2 is 1.95 bits per heavy atom. The standard InChI is InChI=1S/C17H23N3O/c1-4-9-18-16(14-7-5-13(2)6-8-14)10-15-11-17(21-3)20-12-19-15/h5-8,11-12,16,18H,4,9-10H2,1-3H3.